The third kappa shape index (κ3) is 2.13. The van der Waals surface area contributed by atoms with E-state index >= 15 is 0 Å². The molecule has 0 amide bonds. The van der Waals surface area contributed by atoms with Crippen molar-refractivity contribution in [3.63, 3.8) is 0 Å². The van der Waals surface area contributed by atoms with E-state index in [9.17, 15) is 0 Å². The van der Waals surface area contributed by atoms with E-state index in [-0.39, 0.29) is 0 Å². The highest BCUT2D eigenvalue weighted by molar-refractivity contribution is 4.86. The van der Waals surface area contributed by atoms with Crippen molar-refractivity contribution in [2.75, 3.05) is 0 Å². The Morgan fingerprint density at radius 2 is 1.57 bits per heavy atom. The van der Waals surface area contributed by atoms with E-state index in [0.717, 1.165) is 12.3 Å². The molecule has 0 aliphatic carbocycles. The largest absolute Gasteiger partial charge is 0.374 e. The Bertz CT molecular complexity index is 174. The van der Waals surface area contributed by atoms with Crippen LogP contribution in [0.1, 0.15) is 48.0 Å². The summed E-state index contributed by atoms with van der Waals surface area (Å²) in [5, 5.41) is 0. The maximum Gasteiger partial charge on any atom is 0.0630 e. The van der Waals surface area contributed by atoms with Crippen molar-refractivity contribution in [1.29, 1.82) is 0 Å². The zero-order valence-electron chi connectivity index (χ0n) is 10.6. The monoisotopic (exact) mass is 198 g/mol. The van der Waals surface area contributed by atoms with Gasteiger partial charge < -0.3 is 4.74 Å². The average molecular weight is 198 g/mol. The molecule has 0 saturated carbocycles. The van der Waals surface area contributed by atoms with Crippen molar-refractivity contribution >= 4 is 0 Å². The highest BCUT2D eigenvalue weighted by Crippen LogP contribution is 2.38. The van der Waals surface area contributed by atoms with Crippen molar-refractivity contribution < 1.29 is 4.74 Å². The van der Waals surface area contributed by atoms with Crippen molar-refractivity contribution in [3.8, 4) is 0 Å². The molecule has 0 bridgehead atoms. The first kappa shape index (κ1) is 12.0. The number of hydrogen-bond donors (Lipinski definition) is 0. The minimum atomic E-state index is 0.464. The Morgan fingerprint density at radius 1 is 1.00 bits per heavy atom. The predicted octanol–water partition coefficient (Wildman–Crippen LogP) is 3.73. The second kappa shape index (κ2) is 4.65. The molecule has 1 heteroatoms. The fourth-order valence-corrected chi connectivity index (χ4v) is 2.80. The molecule has 1 aliphatic heterocycles. The molecule has 0 aromatic rings. The molecule has 0 aromatic heterocycles. The minimum Gasteiger partial charge on any atom is -0.374 e. The molecular weight excluding hydrogens is 172 g/mol. The van der Waals surface area contributed by atoms with Crippen LogP contribution in [0.4, 0.5) is 0 Å². The Kier molecular flexibility index (Phi) is 4.00. The molecule has 1 nitrogen and oxygen atoms in total. The van der Waals surface area contributed by atoms with Gasteiger partial charge >= 0.3 is 0 Å². The van der Waals surface area contributed by atoms with Crippen molar-refractivity contribution in [1.82, 2.24) is 0 Å². The standard InChI is InChI=1S/C13H26O/c1-7-12-10(5)9(4)11(6)13(14-12)8(2)3/h8-13H,7H2,1-6H3/t9-,10-,11+,12+,13?/m0/s1. The van der Waals surface area contributed by atoms with Crippen LogP contribution >= 0.6 is 0 Å². The van der Waals surface area contributed by atoms with Crippen LogP contribution in [-0.4, -0.2) is 12.2 Å². The van der Waals surface area contributed by atoms with E-state index < -0.39 is 0 Å². The molecule has 1 rings (SSSR count). The van der Waals surface area contributed by atoms with Gasteiger partial charge in [0.2, 0.25) is 0 Å². The Morgan fingerprint density at radius 3 is 2.00 bits per heavy atom. The number of hydrogen-bond acceptors (Lipinski definition) is 1. The third-order valence-corrected chi connectivity index (χ3v) is 4.15. The fraction of sp³-hybridized carbons (Fsp3) is 1.00. The van der Waals surface area contributed by atoms with E-state index in [1.165, 1.54) is 0 Å². The van der Waals surface area contributed by atoms with Gasteiger partial charge in [0, 0.05) is 0 Å². The Labute approximate surface area is 89.2 Å². The normalized spacial score (nSPS) is 44.4. The summed E-state index contributed by atoms with van der Waals surface area (Å²) in [5.41, 5.74) is 0. The molecule has 1 fully saturated rings. The van der Waals surface area contributed by atoms with Gasteiger partial charge in [-0.15, -0.1) is 0 Å². The van der Waals surface area contributed by atoms with E-state index in [1.807, 2.05) is 0 Å². The second-order valence-corrected chi connectivity index (χ2v) is 5.37. The molecule has 5 atom stereocenters. The van der Waals surface area contributed by atoms with Gasteiger partial charge in [-0.3, -0.25) is 0 Å². The van der Waals surface area contributed by atoms with Crippen molar-refractivity contribution in [2.24, 2.45) is 23.7 Å². The lowest BCUT2D eigenvalue weighted by molar-refractivity contribution is -0.149. The maximum absolute atomic E-state index is 6.19. The van der Waals surface area contributed by atoms with Gasteiger partial charge in [0.15, 0.2) is 0 Å². The Hall–Kier alpha value is -0.0400. The minimum absolute atomic E-state index is 0.464. The fourth-order valence-electron chi connectivity index (χ4n) is 2.80. The van der Waals surface area contributed by atoms with E-state index in [0.29, 0.717) is 30.0 Å². The zero-order chi connectivity index (χ0) is 10.9. The summed E-state index contributed by atoms with van der Waals surface area (Å²) in [6.07, 6.45) is 2.10. The Balaban J connectivity index is 2.73. The van der Waals surface area contributed by atoms with E-state index in [4.69, 9.17) is 4.74 Å². The van der Waals surface area contributed by atoms with Crippen LogP contribution in [0.5, 0.6) is 0 Å². The molecule has 14 heavy (non-hydrogen) atoms. The first-order chi connectivity index (χ1) is 6.49. The van der Waals surface area contributed by atoms with Crippen LogP contribution in [-0.2, 0) is 4.74 Å². The van der Waals surface area contributed by atoms with Gasteiger partial charge in [0.1, 0.15) is 0 Å². The van der Waals surface area contributed by atoms with Crippen LogP contribution in [0, 0.1) is 23.7 Å². The number of rotatable bonds is 2. The van der Waals surface area contributed by atoms with Crippen LogP contribution in [0.25, 0.3) is 0 Å². The summed E-state index contributed by atoms with van der Waals surface area (Å²) in [5.74, 6) is 2.85. The van der Waals surface area contributed by atoms with Gasteiger partial charge in [-0.25, -0.2) is 0 Å². The second-order valence-electron chi connectivity index (χ2n) is 5.37. The summed E-state index contributed by atoms with van der Waals surface area (Å²) in [4.78, 5) is 0. The molecule has 0 N–H and O–H groups in total. The predicted molar refractivity (Wildman–Crippen MR) is 61.3 cm³/mol. The van der Waals surface area contributed by atoms with Gasteiger partial charge in [0.05, 0.1) is 12.2 Å². The van der Waals surface area contributed by atoms with Crippen LogP contribution in [0.15, 0.2) is 0 Å². The number of ether oxygens (including phenoxy) is 1. The molecule has 0 aromatic carbocycles. The summed E-state index contributed by atoms with van der Waals surface area (Å²) in [6.45, 7) is 13.9. The molecule has 1 unspecified atom stereocenters. The van der Waals surface area contributed by atoms with Gasteiger partial charge in [-0.05, 0) is 30.1 Å². The lowest BCUT2D eigenvalue weighted by atomic mass is 9.73. The summed E-state index contributed by atoms with van der Waals surface area (Å²) in [6, 6.07) is 0. The lowest BCUT2D eigenvalue weighted by Crippen LogP contribution is -2.46. The molecule has 0 radical (unpaired) electrons. The first-order valence-electron chi connectivity index (χ1n) is 6.14. The molecule has 0 spiro atoms. The van der Waals surface area contributed by atoms with Crippen LogP contribution < -0.4 is 0 Å². The molecular formula is C13H26O. The van der Waals surface area contributed by atoms with Crippen molar-refractivity contribution in [3.05, 3.63) is 0 Å². The quantitative estimate of drug-likeness (QED) is 0.657. The molecule has 1 saturated heterocycles. The molecule has 1 aliphatic rings. The lowest BCUT2D eigenvalue weighted by Gasteiger charge is -2.45. The average Bonchev–Trinajstić information content (AvgIpc) is 2.14. The smallest absolute Gasteiger partial charge is 0.0630 e. The summed E-state index contributed by atoms with van der Waals surface area (Å²) >= 11 is 0. The molecule has 84 valence electrons. The zero-order valence-corrected chi connectivity index (χ0v) is 10.6. The van der Waals surface area contributed by atoms with Gasteiger partial charge in [0.25, 0.3) is 0 Å². The summed E-state index contributed by atoms with van der Waals surface area (Å²) < 4.78 is 6.19. The molecule has 1 heterocycles. The van der Waals surface area contributed by atoms with Gasteiger partial charge in [-0.1, -0.05) is 41.5 Å². The topological polar surface area (TPSA) is 9.23 Å². The van der Waals surface area contributed by atoms with Crippen LogP contribution in [0.2, 0.25) is 0 Å². The van der Waals surface area contributed by atoms with Crippen LogP contribution in [0.3, 0.4) is 0 Å². The van der Waals surface area contributed by atoms with Gasteiger partial charge in [-0.2, -0.15) is 0 Å². The summed E-state index contributed by atoms with van der Waals surface area (Å²) in [7, 11) is 0. The van der Waals surface area contributed by atoms with E-state index in [1.54, 1.807) is 0 Å². The van der Waals surface area contributed by atoms with E-state index in [2.05, 4.69) is 41.5 Å². The SMILES string of the molecule is CC[C@H]1OC(C(C)C)[C@H](C)[C@@H](C)[C@@H]1C. The first-order valence-corrected chi connectivity index (χ1v) is 6.14. The third-order valence-electron chi connectivity index (χ3n) is 4.15. The highest BCUT2D eigenvalue weighted by Gasteiger charge is 2.39. The maximum atomic E-state index is 6.19. The van der Waals surface area contributed by atoms with Crippen molar-refractivity contribution in [2.45, 2.75) is 60.2 Å². The highest BCUT2D eigenvalue weighted by atomic mass is 16.5.